The largest absolute Gasteiger partial charge is 0.314 e. The van der Waals surface area contributed by atoms with Gasteiger partial charge in [-0.2, -0.15) is 5.10 Å². The number of carbonyl (C=O) groups excluding carboxylic acids is 1. The number of rotatable bonds is 4. The van der Waals surface area contributed by atoms with Gasteiger partial charge in [-0.3, -0.25) is 19.4 Å². The zero-order valence-electron chi connectivity index (χ0n) is 16.3. The average molecular weight is 380 g/mol. The molecule has 0 aliphatic carbocycles. The highest BCUT2D eigenvalue weighted by Gasteiger charge is 2.26. The van der Waals surface area contributed by atoms with Gasteiger partial charge in [-0.05, 0) is 25.6 Å². The van der Waals surface area contributed by atoms with Crippen LogP contribution in [0.1, 0.15) is 34.4 Å². The number of anilines is 1. The third kappa shape index (κ3) is 2.95. The maximum absolute atomic E-state index is 13.1. The fraction of sp³-hybridized carbons (Fsp3) is 0.350. The van der Waals surface area contributed by atoms with Gasteiger partial charge in [0.1, 0.15) is 5.69 Å². The van der Waals surface area contributed by atoms with Gasteiger partial charge in [-0.25, -0.2) is 4.68 Å². The summed E-state index contributed by atoms with van der Waals surface area (Å²) in [4.78, 5) is 28.2. The zero-order valence-corrected chi connectivity index (χ0v) is 16.3. The number of nitrogens with one attached hydrogen (secondary N) is 2. The number of fused-ring (bicyclic) bond motifs is 1. The molecule has 0 saturated carbocycles. The maximum Gasteiger partial charge on any atom is 0.295 e. The first-order chi connectivity index (χ1) is 13.5. The second-order valence-corrected chi connectivity index (χ2v) is 7.12. The molecular formula is C20H24N6O2. The number of nitrogens with zero attached hydrogens (tertiary/aromatic N) is 4. The Bertz CT molecular complexity index is 1080. The number of aromatic nitrogens is 4. The van der Waals surface area contributed by atoms with Gasteiger partial charge in [0, 0.05) is 37.8 Å². The summed E-state index contributed by atoms with van der Waals surface area (Å²) < 4.78 is 3.36. The summed E-state index contributed by atoms with van der Waals surface area (Å²) in [5, 5.41) is 10.0. The second-order valence-electron chi connectivity index (χ2n) is 7.12. The van der Waals surface area contributed by atoms with E-state index in [1.165, 1.54) is 0 Å². The van der Waals surface area contributed by atoms with Gasteiger partial charge in [-0.1, -0.05) is 25.1 Å². The average Bonchev–Trinajstić information content (AvgIpc) is 3.21. The van der Waals surface area contributed by atoms with E-state index >= 15 is 0 Å². The van der Waals surface area contributed by atoms with Gasteiger partial charge in [0.05, 0.1) is 11.4 Å². The van der Waals surface area contributed by atoms with E-state index in [0.717, 1.165) is 35.6 Å². The van der Waals surface area contributed by atoms with Crippen LogP contribution in [-0.4, -0.2) is 44.0 Å². The molecule has 146 valence electrons. The standard InChI is InChI=1S/C20H24N6O2/c1-4-16-18(20(28)26(25(16)3)13-8-6-5-7-9-13)21-19(27)17-14-12-24(2)11-10-15(14)22-23-17/h5-9H,4,10-12H2,1-3H3,(H,21,27)(H,22,23). The summed E-state index contributed by atoms with van der Waals surface area (Å²) in [6.07, 6.45) is 1.45. The molecule has 1 aromatic carbocycles. The fourth-order valence-electron chi connectivity index (χ4n) is 3.83. The Morgan fingerprint density at radius 1 is 1.25 bits per heavy atom. The van der Waals surface area contributed by atoms with Crippen molar-refractivity contribution in [1.29, 1.82) is 0 Å². The van der Waals surface area contributed by atoms with Crippen molar-refractivity contribution in [1.82, 2.24) is 24.5 Å². The number of hydrogen-bond acceptors (Lipinski definition) is 4. The molecule has 1 aliphatic heterocycles. The zero-order chi connectivity index (χ0) is 19.8. The van der Waals surface area contributed by atoms with E-state index in [9.17, 15) is 9.59 Å². The van der Waals surface area contributed by atoms with Crippen LogP contribution in [0.4, 0.5) is 5.69 Å². The Labute approximate surface area is 162 Å². The first-order valence-corrected chi connectivity index (χ1v) is 9.43. The minimum absolute atomic E-state index is 0.250. The summed E-state index contributed by atoms with van der Waals surface area (Å²) in [6, 6.07) is 9.40. The minimum Gasteiger partial charge on any atom is -0.314 e. The highest BCUT2D eigenvalue weighted by atomic mass is 16.2. The van der Waals surface area contributed by atoms with Crippen LogP contribution < -0.4 is 10.9 Å². The van der Waals surface area contributed by atoms with Crippen molar-refractivity contribution in [2.45, 2.75) is 26.3 Å². The molecule has 0 fully saturated rings. The highest BCUT2D eigenvalue weighted by Crippen LogP contribution is 2.21. The molecule has 0 bridgehead atoms. The Kier molecular flexibility index (Phi) is 4.64. The molecule has 28 heavy (non-hydrogen) atoms. The Morgan fingerprint density at radius 3 is 2.71 bits per heavy atom. The predicted molar refractivity (Wildman–Crippen MR) is 107 cm³/mol. The molecule has 1 amide bonds. The number of hydrogen-bond donors (Lipinski definition) is 2. The summed E-state index contributed by atoms with van der Waals surface area (Å²) in [5.74, 6) is -0.356. The molecule has 2 N–H and O–H groups in total. The molecule has 0 atom stereocenters. The van der Waals surface area contributed by atoms with Gasteiger partial charge < -0.3 is 10.2 Å². The molecule has 0 saturated heterocycles. The molecular weight excluding hydrogens is 356 g/mol. The summed E-state index contributed by atoms with van der Waals surface area (Å²) in [6.45, 7) is 3.56. The number of para-hydroxylation sites is 1. The van der Waals surface area contributed by atoms with Crippen LogP contribution in [0.2, 0.25) is 0 Å². The van der Waals surface area contributed by atoms with Crippen molar-refractivity contribution in [2.75, 3.05) is 18.9 Å². The van der Waals surface area contributed by atoms with E-state index in [2.05, 4.69) is 20.4 Å². The monoisotopic (exact) mass is 380 g/mol. The molecule has 4 rings (SSSR count). The summed E-state index contributed by atoms with van der Waals surface area (Å²) in [7, 11) is 3.84. The predicted octanol–water partition coefficient (Wildman–Crippen LogP) is 1.70. The molecule has 1 aliphatic rings. The molecule has 3 heterocycles. The Morgan fingerprint density at radius 2 is 2.00 bits per heavy atom. The molecule has 0 unspecified atom stereocenters. The molecule has 0 spiro atoms. The van der Waals surface area contributed by atoms with Crippen molar-refractivity contribution < 1.29 is 4.79 Å². The van der Waals surface area contributed by atoms with Crippen LogP contribution in [0.25, 0.3) is 5.69 Å². The first-order valence-electron chi connectivity index (χ1n) is 9.43. The lowest BCUT2D eigenvalue weighted by Crippen LogP contribution is -2.28. The SMILES string of the molecule is CCc1c(NC(=O)c2n[nH]c3c2CN(C)CC3)c(=O)n(-c2ccccc2)n1C. The van der Waals surface area contributed by atoms with E-state index < -0.39 is 0 Å². The van der Waals surface area contributed by atoms with Crippen molar-refractivity contribution in [3.8, 4) is 5.69 Å². The molecule has 8 nitrogen and oxygen atoms in total. The van der Waals surface area contributed by atoms with Crippen LogP contribution in [0.3, 0.4) is 0 Å². The van der Waals surface area contributed by atoms with E-state index in [1.54, 1.807) is 9.36 Å². The van der Waals surface area contributed by atoms with Gasteiger partial charge in [0.15, 0.2) is 5.69 Å². The summed E-state index contributed by atoms with van der Waals surface area (Å²) in [5.41, 5.74) is 3.84. The van der Waals surface area contributed by atoms with E-state index in [4.69, 9.17) is 0 Å². The molecule has 0 radical (unpaired) electrons. The molecule has 8 heteroatoms. The molecule has 3 aromatic rings. The Balaban J connectivity index is 1.72. The topological polar surface area (TPSA) is 88.0 Å². The maximum atomic E-state index is 13.1. The third-order valence-electron chi connectivity index (χ3n) is 5.30. The number of H-pyrrole nitrogens is 1. The first kappa shape index (κ1) is 18.2. The van der Waals surface area contributed by atoms with Crippen molar-refractivity contribution >= 4 is 11.6 Å². The molecule has 2 aromatic heterocycles. The van der Waals surface area contributed by atoms with E-state index in [1.807, 2.05) is 51.4 Å². The number of benzene rings is 1. The number of carbonyl (C=O) groups is 1. The number of aromatic amines is 1. The van der Waals surface area contributed by atoms with Crippen LogP contribution in [0.15, 0.2) is 35.1 Å². The normalized spacial score (nSPS) is 14.1. The minimum atomic E-state index is -0.356. The van der Waals surface area contributed by atoms with Crippen LogP contribution in [0, 0.1) is 0 Å². The van der Waals surface area contributed by atoms with Crippen LogP contribution >= 0.6 is 0 Å². The lowest BCUT2D eigenvalue weighted by Gasteiger charge is -2.22. The summed E-state index contributed by atoms with van der Waals surface area (Å²) >= 11 is 0. The van der Waals surface area contributed by atoms with Crippen LogP contribution in [-0.2, 0) is 26.4 Å². The number of likely N-dealkylation sites (N-methyl/N-ethyl adjacent to an activating group) is 1. The smallest absolute Gasteiger partial charge is 0.295 e. The van der Waals surface area contributed by atoms with Crippen LogP contribution in [0.5, 0.6) is 0 Å². The highest BCUT2D eigenvalue weighted by molar-refractivity contribution is 6.04. The van der Waals surface area contributed by atoms with Gasteiger partial charge >= 0.3 is 0 Å². The van der Waals surface area contributed by atoms with Gasteiger partial charge in [0.2, 0.25) is 0 Å². The second kappa shape index (κ2) is 7.12. The van der Waals surface area contributed by atoms with Crippen molar-refractivity contribution in [3.63, 3.8) is 0 Å². The van der Waals surface area contributed by atoms with Crippen molar-refractivity contribution in [2.24, 2.45) is 7.05 Å². The third-order valence-corrected chi connectivity index (χ3v) is 5.30. The number of amides is 1. The van der Waals surface area contributed by atoms with E-state index in [-0.39, 0.29) is 11.5 Å². The lowest BCUT2D eigenvalue weighted by atomic mass is 10.1. The quantitative estimate of drug-likeness (QED) is 0.721. The lowest BCUT2D eigenvalue weighted by molar-refractivity contribution is 0.102. The Hall–Kier alpha value is -3.13. The fourth-order valence-corrected chi connectivity index (χ4v) is 3.83. The van der Waals surface area contributed by atoms with Gasteiger partial charge in [0.25, 0.3) is 11.5 Å². The van der Waals surface area contributed by atoms with Gasteiger partial charge in [-0.15, -0.1) is 0 Å². The van der Waals surface area contributed by atoms with Crippen molar-refractivity contribution in [3.05, 3.63) is 63.3 Å². The van der Waals surface area contributed by atoms with E-state index in [0.29, 0.717) is 24.3 Å².